The highest BCUT2D eigenvalue weighted by Gasteiger charge is 2.22. The molecule has 0 spiro atoms. The van der Waals surface area contributed by atoms with Crippen molar-refractivity contribution in [1.29, 1.82) is 0 Å². The van der Waals surface area contributed by atoms with Crippen LogP contribution in [0, 0.1) is 0 Å². The molecule has 0 amide bonds. The van der Waals surface area contributed by atoms with Crippen molar-refractivity contribution in [3.63, 3.8) is 0 Å². The summed E-state index contributed by atoms with van der Waals surface area (Å²) in [6.07, 6.45) is 2.36. The molecule has 0 radical (unpaired) electrons. The van der Waals surface area contributed by atoms with Crippen molar-refractivity contribution in [1.82, 2.24) is 5.32 Å². The zero-order valence-corrected chi connectivity index (χ0v) is 12.1. The van der Waals surface area contributed by atoms with Gasteiger partial charge in [-0.3, -0.25) is 0 Å². The number of thiocarbonyl (C=S) groups is 1. The molecule has 0 unspecified atom stereocenters. The van der Waals surface area contributed by atoms with Crippen molar-refractivity contribution < 1.29 is 14.2 Å². The van der Waals surface area contributed by atoms with Crippen molar-refractivity contribution in [3.8, 4) is 17.2 Å². The lowest BCUT2D eigenvalue weighted by Gasteiger charge is -2.15. The maximum atomic E-state index is 5.29. The molecule has 19 heavy (non-hydrogen) atoms. The second-order valence-corrected chi connectivity index (χ2v) is 4.69. The van der Waals surface area contributed by atoms with E-state index in [0.717, 1.165) is 5.69 Å². The molecule has 2 rings (SSSR count). The minimum absolute atomic E-state index is 0.516. The van der Waals surface area contributed by atoms with Crippen LogP contribution in [0.2, 0.25) is 0 Å². The number of anilines is 1. The second-order valence-electron chi connectivity index (χ2n) is 4.29. The van der Waals surface area contributed by atoms with E-state index in [2.05, 4.69) is 10.6 Å². The maximum Gasteiger partial charge on any atom is 0.203 e. The van der Waals surface area contributed by atoms with Crippen LogP contribution >= 0.6 is 12.2 Å². The molecule has 1 fully saturated rings. The molecular formula is C13H18N2O3S. The Balaban J connectivity index is 2.17. The highest BCUT2D eigenvalue weighted by molar-refractivity contribution is 7.80. The van der Waals surface area contributed by atoms with Gasteiger partial charge in [0.25, 0.3) is 0 Å². The van der Waals surface area contributed by atoms with Crippen LogP contribution in [0.1, 0.15) is 12.8 Å². The summed E-state index contributed by atoms with van der Waals surface area (Å²) < 4.78 is 15.8. The minimum Gasteiger partial charge on any atom is -0.493 e. The minimum atomic E-state index is 0.516. The van der Waals surface area contributed by atoms with E-state index >= 15 is 0 Å². The Morgan fingerprint density at radius 1 is 1.11 bits per heavy atom. The molecular weight excluding hydrogens is 264 g/mol. The zero-order valence-electron chi connectivity index (χ0n) is 11.3. The fourth-order valence-electron chi connectivity index (χ4n) is 1.73. The van der Waals surface area contributed by atoms with Gasteiger partial charge in [0.15, 0.2) is 16.6 Å². The molecule has 1 saturated carbocycles. The van der Waals surface area contributed by atoms with E-state index in [1.165, 1.54) is 12.8 Å². The van der Waals surface area contributed by atoms with Gasteiger partial charge in [0.1, 0.15) is 0 Å². The topological polar surface area (TPSA) is 51.8 Å². The van der Waals surface area contributed by atoms with Gasteiger partial charge in [-0.05, 0) is 25.1 Å². The summed E-state index contributed by atoms with van der Waals surface area (Å²) in [5.74, 6) is 1.76. The lowest BCUT2D eigenvalue weighted by Crippen LogP contribution is -2.30. The first-order chi connectivity index (χ1) is 9.17. The fraction of sp³-hybridized carbons (Fsp3) is 0.462. The third kappa shape index (κ3) is 3.41. The van der Waals surface area contributed by atoms with Gasteiger partial charge < -0.3 is 24.8 Å². The Morgan fingerprint density at radius 3 is 2.11 bits per heavy atom. The average Bonchev–Trinajstić information content (AvgIpc) is 3.21. The van der Waals surface area contributed by atoms with Crippen molar-refractivity contribution in [2.45, 2.75) is 18.9 Å². The van der Waals surface area contributed by atoms with Crippen molar-refractivity contribution in [3.05, 3.63) is 12.1 Å². The molecule has 6 heteroatoms. The first-order valence-corrected chi connectivity index (χ1v) is 6.46. The van der Waals surface area contributed by atoms with E-state index in [1.807, 2.05) is 12.1 Å². The average molecular weight is 282 g/mol. The number of ether oxygens (including phenoxy) is 3. The fourth-order valence-corrected chi connectivity index (χ4v) is 2.02. The molecule has 0 heterocycles. The number of nitrogens with one attached hydrogen (secondary N) is 2. The predicted octanol–water partition coefficient (Wildman–Crippen LogP) is 2.16. The third-order valence-electron chi connectivity index (χ3n) is 2.84. The predicted molar refractivity (Wildman–Crippen MR) is 78.5 cm³/mol. The van der Waals surface area contributed by atoms with Gasteiger partial charge in [-0.25, -0.2) is 0 Å². The summed E-state index contributed by atoms with van der Waals surface area (Å²) in [7, 11) is 4.75. The molecule has 0 atom stereocenters. The molecule has 2 N–H and O–H groups in total. The molecule has 1 aromatic rings. The molecule has 0 saturated heterocycles. The van der Waals surface area contributed by atoms with Crippen molar-refractivity contribution in [2.75, 3.05) is 26.6 Å². The summed E-state index contributed by atoms with van der Waals surface area (Å²) >= 11 is 5.24. The van der Waals surface area contributed by atoms with Gasteiger partial charge in [0, 0.05) is 23.9 Å². The lowest BCUT2D eigenvalue weighted by atomic mass is 10.2. The monoisotopic (exact) mass is 282 g/mol. The summed E-state index contributed by atoms with van der Waals surface area (Å²) in [6.45, 7) is 0. The standard InChI is InChI=1S/C13H18N2O3S/c1-16-10-6-9(7-11(17-2)12(10)18-3)15-13(19)14-8-4-5-8/h6-8H,4-5H2,1-3H3,(H2,14,15,19). The third-order valence-corrected chi connectivity index (χ3v) is 3.06. The van der Waals surface area contributed by atoms with Gasteiger partial charge in [0.2, 0.25) is 5.75 Å². The van der Waals surface area contributed by atoms with E-state index in [1.54, 1.807) is 21.3 Å². The maximum absolute atomic E-state index is 5.29. The number of rotatable bonds is 5. The number of hydrogen-bond donors (Lipinski definition) is 2. The molecule has 1 aromatic carbocycles. The Bertz CT molecular complexity index is 450. The Kier molecular flexibility index (Phi) is 4.31. The summed E-state index contributed by atoms with van der Waals surface area (Å²) in [5.41, 5.74) is 0.799. The van der Waals surface area contributed by atoms with Gasteiger partial charge in [-0.15, -0.1) is 0 Å². The molecule has 0 aliphatic heterocycles. The second kappa shape index (κ2) is 5.97. The normalized spacial score (nSPS) is 13.6. The van der Waals surface area contributed by atoms with Gasteiger partial charge in [-0.2, -0.15) is 0 Å². The summed E-state index contributed by atoms with van der Waals surface area (Å²) in [6, 6.07) is 4.16. The van der Waals surface area contributed by atoms with Gasteiger partial charge >= 0.3 is 0 Å². The van der Waals surface area contributed by atoms with Crippen LogP contribution in [0.15, 0.2) is 12.1 Å². The quantitative estimate of drug-likeness (QED) is 0.807. The zero-order chi connectivity index (χ0) is 13.8. The smallest absolute Gasteiger partial charge is 0.203 e. The van der Waals surface area contributed by atoms with E-state index < -0.39 is 0 Å². The van der Waals surface area contributed by atoms with E-state index in [9.17, 15) is 0 Å². The van der Waals surface area contributed by atoms with Crippen LogP contribution in [0.25, 0.3) is 0 Å². The largest absolute Gasteiger partial charge is 0.493 e. The van der Waals surface area contributed by atoms with E-state index in [0.29, 0.717) is 28.4 Å². The number of benzene rings is 1. The van der Waals surface area contributed by atoms with E-state index in [-0.39, 0.29) is 0 Å². The van der Waals surface area contributed by atoms with Crippen LogP contribution in [0.5, 0.6) is 17.2 Å². The van der Waals surface area contributed by atoms with Crippen LogP contribution in [0.3, 0.4) is 0 Å². The molecule has 0 bridgehead atoms. The van der Waals surface area contributed by atoms with Gasteiger partial charge in [-0.1, -0.05) is 0 Å². The molecule has 1 aliphatic rings. The van der Waals surface area contributed by atoms with Gasteiger partial charge in [0.05, 0.1) is 21.3 Å². The Morgan fingerprint density at radius 2 is 1.68 bits per heavy atom. The Hall–Kier alpha value is -1.69. The van der Waals surface area contributed by atoms with E-state index in [4.69, 9.17) is 26.4 Å². The van der Waals surface area contributed by atoms with Crippen LogP contribution in [-0.4, -0.2) is 32.5 Å². The molecule has 0 aromatic heterocycles. The number of hydrogen-bond acceptors (Lipinski definition) is 4. The van der Waals surface area contributed by atoms with Crippen LogP contribution in [0.4, 0.5) is 5.69 Å². The SMILES string of the molecule is COc1cc(NC(=S)NC2CC2)cc(OC)c1OC. The molecule has 5 nitrogen and oxygen atoms in total. The van der Waals surface area contributed by atoms with Crippen molar-refractivity contribution >= 4 is 23.0 Å². The summed E-state index contributed by atoms with van der Waals surface area (Å²) in [4.78, 5) is 0. The van der Waals surface area contributed by atoms with Crippen LogP contribution < -0.4 is 24.8 Å². The first-order valence-electron chi connectivity index (χ1n) is 6.05. The molecule has 1 aliphatic carbocycles. The van der Waals surface area contributed by atoms with Crippen molar-refractivity contribution in [2.24, 2.45) is 0 Å². The highest BCUT2D eigenvalue weighted by atomic mass is 32.1. The molecule has 104 valence electrons. The van der Waals surface area contributed by atoms with Crippen LogP contribution in [-0.2, 0) is 0 Å². The Labute approximate surface area is 118 Å². The summed E-state index contributed by atoms with van der Waals surface area (Å²) in [5, 5.41) is 6.94. The lowest BCUT2D eigenvalue weighted by molar-refractivity contribution is 0.324. The highest BCUT2D eigenvalue weighted by Crippen LogP contribution is 2.39. The number of methoxy groups -OCH3 is 3. The first kappa shape index (κ1) is 13.7.